The Morgan fingerprint density at radius 2 is 2.35 bits per heavy atom. The van der Waals surface area contributed by atoms with Crippen LogP contribution in [0.25, 0.3) is 11.0 Å². The Balaban J connectivity index is 2.26. The van der Waals surface area contributed by atoms with E-state index in [0.717, 1.165) is 35.8 Å². The minimum absolute atomic E-state index is 0.0143. The van der Waals surface area contributed by atoms with E-state index in [1.54, 1.807) is 12.4 Å². The van der Waals surface area contributed by atoms with Crippen LogP contribution in [0.1, 0.15) is 6.92 Å². The summed E-state index contributed by atoms with van der Waals surface area (Å²) in [5, 5.41) is 9.55. The van der Waals surface area contributed by atoms with Gasteiger partial charge in [-0.1, -0.05) is 18.7 Å². The van der Waals surface area contributed by atoms with Crippen LogP contribution in [0, 0.1) is 0 Å². The van der Waals surface area contributed by atoms with Crippen LogP contribution in [-0.2, 0) is 11.3 Å². The zero-order valence-electron chi connectivity index (χ0n) is 11.6. The highest BCUT2D eigenvalue weighted by Crippen LogP contribution is 2.23. The Morgan fingerprint density at radius 3 is 3.05 bits per heavy atom. The highest BCUT2D eigenvalue weighted by molar-refractivity contribution is 7.99. The van der Waals surface area contributed by atoms with Crippen LogP contribution >= 0.6 is 11.8 Å². The van der Waals surface area contributed by atoms with E-state index < -0.39 is 5.97 Å². The minimum Gasteiger partial charge on any atom is -0.481 e. The summed E-state index contributed by atoms with van der Waals surface area (Å²) in [5.74, 6) is -0.821. The standard InChI is InChI=1S/C13H18N4O2S/c1-3-16(2)6-7-17-11-4-5-14-8-10(11)15-13(17)20-9-12(18)19/h4-5,8H,3,6-7,9H2,1-2H3,(H,18,19). The first-order chi connectivity index (χ1) is 9.61. The number of thioether (sulfide) groups is 1. The van der Waals surface area contributed by atoms with Crippen LogP contribution < -0.4 is 0 Å². The molecule has 0 aliphatic rings. The van der Waals surface area contributed by atoms with Gasteiger partial charge < -0.3 is 14.6 Å². The van der Waals surface area contributed by atoms with E-state index in [9.17, 15) is 4.79 Å². The highest BCUT2D eigenvalue weighted by Gasteiger charge is 2.13. The number of rotatable bonds is 7. The SMILES string of the molecule is CCN(C)CCn1c(SCC(=O)O)nc2cnccc21. The van der Waals surface area contributed by atoms with E-state index in [0.29, 0.717) is 0 Å². The van der Waals surface area contributed by atoms with E-state index >= 15 is 0 Å². The lowest BCUT2D eigenvalue weighted by molar-refractivity contribution is -0.133. The van der Waals surface area contributed by atoms with Gasteiger partial charge in [0.2, 0.25) is 0 Å². The van der Waals surface area contributed by atoms with Gasteiger partial charge in [-0.3, -0.25) is 9.78 Å². The molecule has 7 heteroatoms. The van der Waals surface area contributed by atoms with Crippen molar-refractivity contribution in [1.82, 2.24) is 19.4 Å². The van der Waals surface area contributed by atoms with E-state index in [1.807, 2.05) is 6.07 Å². The van der Waals surface area contributed by atoms with Crippen molar-refractivity contribution in [2.75, 3.05) is 25.9 Å². The van der Waals surface area contributed by atoms with Crippen LogP contribution in [0.3, 0.4) is 0 Å². The number of imidazole rings is 1. The van der Waals surface area contributed by atoms with Crippen molar-refractivity contribution in [3.63, 3.8) is 0 Å². The molecule has 0 bridgehead atoms. The van der Waals surface area contributed by atoms with Gasteiger partial charge in [0, 0.05) is 19.3 Å². The number of carbonyl (C=O) groups is 1. The number of nitrogens with zero attached hydrogens (tertiary/aromatic N) is 4. The van der Waals surface area contributed by atoms with Gasteiger partial charge in [-0.25, -0.2) is 4.98 Å². The maximum absolute atomic E-state index is 10.7. The van der Waals surface area contributed by atoms with Gasteiger partial charge in [-0.15, -0.1) is 0 Å². The molecule has 0 radical (unpaired) electrons. The number of pyridine rings is 1. The molecule has 0 aliphatic carbocycles. The lowest BCUT2D eigenvalue weighted by Crippen LogP contribution is -2.23. The summed E-state index contributed by atoms with van der Waals surface area (Å²) in [6.45, 7) is 4.76. The second kappa shape index (κ2) is 6.71. The minimum atomic E-state index is -0.836. The van der Waals surface area contributed by atoms with E-state index in [2.05, 4.69) is 33.4 Å². The van der Waals surface area contributed by atoms with Gasteiger partial charge in [-0.05, 0) is 19.7 Å². The summed E-state index contributed by atoms with van der Waals surface area (Å²) >= 11 is 1.25. The highest BCUT2D eigenvalue weighted by atomic mass is 32.2. The molecule has 0 atom stereocenters. The summed E-state index contributed by atoms with van der Waals surface area (Å²) in [4.78, 5) is 21.5. The predicted molar refractivity (Wildman–Crippen MR) is 79.1 cm³/mol. The van der Waals surface area contributed by atoms with Gasteiger partial charge in [-0.2, -0.15) is 0 Å². The Hall–Kier alpha value is -1.60. The van der Waals surface area contributed by atoms with E-state index in [4.69, 9.17) is 5.11 Å². The summed E-state index contributed by atoms with van der Waals surface area (Å²) in [6.07, 6.45) is 3.44. The van der Waals surface area contributed by atoms with Crippen LogP contribution in [0.15, 0.2) is 23.6 Å². The number of likely N-dealkylation sites (N-methyl/N-ethyl adjacent to an activating group) is 1. The molecule has 2 aromatic heterocycles. The summed E-state index contributed by atoms with van der Waals surface area (Å²) < 4.78 is 2.07. The maximum Gasteiger partial charge on any atom is 0.313 e. The van der Waals surface area contributed by atoms with Gasteiger partial charge in [0.05, 0.1) is 17.5 Å². The second-order valence-corrected chi connectivity index (χ2v) is 5.43. The second-order valence-electron chi connectivity index (χ2n) is 4.49. The Bertz CT molecular complexity index is 599. The largest absolute Gasteiger partial charge is 0.481 e. The van der Waals surface area contributed by atoms with Crippen molar-refractivity contribution in [2.45, 2.75) is 18.6 Å². The van der Waals surface area contributed by atoms with Crippen LogP contribution in [0.4, 0.5) is 0 Å². The molecule has 2 heterocycles. The fraction of sp³-hybridized carbons (Fsp3) is 0.462. The number of aliphatic carboxylic acids is 1. The first kappa shape index (κ1) is 14.8. The molecule has 1 N–H and O–H groups in total. The third-order valence-electron chi connectivity index (χ3n) is 3.09. The number of hydrogen-bond donors (Lipinski definition) is 1. The third-order valence-corrected chi connectivity index (χ3v) is 4.05. The van der Waals surface area contributed by atoms with Gasteiger partial charge in [0.25, 0.3) is 0 Å². The van der Waals surface area contributed by atoms with Gasteiger partial charge >= 0.3 is 5.97 Å². The first-order valence-electron chi connectivity index (χ1n) is 6.45. The molecule has 108 valence electrons. The van der Waals surface area contributed by atoms with Crippen molar-refractivity contribution in [1.29, 1.82) is 0 Å². The maximum atomic E-state index is 10.7. The van der Waals surface area contributed by atoms with Crippen molar-refractivity contribution in [3.8, 4) is 0 Å². The molecule has 20 heavy (non-hydrogen) atoms. The number of fused-ring (bicyclic) bond motifs is 1. The fourth-order valence-electron chi connectivity index (χ4n) is 1.84. The molecule has 0 saturated heterocycles. The normalized spacial score (nSPS) is 11.3. The fourth-order valence-corrected chi connectivity index (χ4v) is 2.60. The average Bonchev–Trinajstić information content (AvgIpc) is 2.80. The molecule has 2 rings (SSSR count). The molecule has 0 saturated carbocycles. The number of carboxylic acids is 1. The van der Waals surface area contributed by atoms with Crippen molar-refractivity contribution in [2.24, 2.45) is 0 Å². The molecule has 6 nitrogen and oxygen atoms in total. The zero-order chi connectivity index (χ0) is 14.5. The molecule has 0 fully saturated rings. The molecule has 0 unspecified atom stereocenters. The van der Waals surface area contributed by atoms with E-state index in [-0.39, 0.29) is 5.75 Å². The monoisotopic (exact) mass is 294 g/mol. The first-order valence-corrected chi connectivity index (χ1v) is 7.43. The zero-order valence-corrected chi connectivity index (χ0v) is 12.4. The van der Waals surface area contributed by atoms with Crippen molar-refractivity contribution >= 4 is 28.8 Å². The summed E-state index contributed by atoms with van der Waals surface area (Å²) in [6, 6.07) is 1.92. The lowest BCUT2D eigenvalue weighted by atomic mass is 10.4. The molecular weight excluding hydrogens is 276 g/mol. The lowest BCUT2D eigenvalue weighted by Gasteiger charge is -2.15. The van der Waals surface area contributed by atoms with Crippen molar-refractivity contribution < 1.29 is 9.90 Å². The molecular formula is C13H18N4O2S. The van der Waals surface area contributed by atoms with Gasteiger partial charge in [0.1, 0.15) is 5.52 Å². The molecule has 0 aliphatic heterocycles. The third kappa shape index (κ3) is 3.49. The Morgan fingerprint density at radius 1 is 1.55 bits per heavy atom. The Kier molecular flexibility index (Phi) is 4.97. The van der Waals surface area contributed by atoms with Crippen molar-refractivity contribution in [3.05, 3.63) is 18.5 Å². The number of aromatic nitrogens is 3. The van der Waals surface area contributed by atoms with Gasteiger partial charge in [0.15, 0.2) is 5.16 Å². The molecule has 2 aromatic rings. The summed E-state index contributed by atoms with van der Waals surface area (Å²) in [5.41, 5.74) is 1.80. The average molecular weight is 294 g/mol. The molecule has 0 aromatic carbocycles. The number of hydrogen-bond acceptors (Lipinski definition) is 5. The van der Waals surface area contributed by atoms with Crippen LogP contribution in [0.2, 0.25) is 0 Å². The van der Waals surface area contributed by atoms with E-state index in [1.165, 1.54) is 11.8 Å². The predicted octanol–water partition coefficient (Wildman–Crippen LogP) is 1.56. The smallest absolute Gasteiger partial charge is 0.313 e. The topological polar surface area (TPSA) is 71.2 Å². The quantitative estimate of drug-likeness (QED) is 0.781. The summed E-state index contributed by atoms with van der Waals surface area (Å²) in [7, 11) is 2.06. The number of carboxylic acid groups (broad SMARTS) is 1. The molecule has 0 spiro atoms. The Labute approximate surface area is 121 Å². The molecule has 0 amide bonds. The van der Waals surface area contributed by atoms with Crippen LogP contribution in [0.5, 0.6) is 0 Å². The van der Waals surface area contributed by atoms with Crippen LogP contribution in [-0.4, -0.2) is 56.4 Å².